The van der Waals surface area contributed by atoms with Crippen LogP contribution in [0.4, 0.5) is 5.69 Å². The Labute approximate surface area is 221 Å². The van der Waals surface area contributed by atoms with Crippen LogP contribution in [0.25, 0.3) is 0 Å². The van der Waals surface area contributed by atoms with Gasteiger partial charge >= 0.3 is 5.97 Å². The van der Waals surface area contributed by atoms with Crippen LogP contribution in [0.5, 0.6) is 0 Å². The van der Waals surface area contributed by atoms with Gasteiger partial charge in [0.1, 0.15) is 0 Å². The molecule has 6 nitrogen and oxygen atoms in total. The molecule has 0 radical (unpaired) electrons. The second-order valence-corrected chi connectivity index (χ2v) is 12.0. The van der Waals surface area contributed by atoms with E-state index in [1.54, 1.807) is 0 Å². The number of hydrogen-bond acceptors (Lipinski definition) is 5. The van der Waals surface area contributed by atoms with E-state index in [9.17, 15) is 9.90 Å². The number of piperazine rings is 1. The molecule has 4 aliphatic rings. The lowest BCUT2D eigenvalue weighted by Gasteiger charge is -2.47. The third-order valence-corrected chi connectivity index (χ3v) is 9.49. The van der Waals surface area contributed by atoms with Crippen LogP contribution < -0.4 is 4.90 Å². The molecule has 3 heterocycles. The lowest BCUT2D eigenvalue weighted by molar-refractivity contribution is 0.0639. The lowest BCUT2D eigenvalue weighted by atomic mass is 9.72. The molecule has 6 heteroatoms. The molecule has 3 unspecified atom stereocenters. The smallest absolute Gasteiger partial charge is 0.335 e. The first-order valence-corrected chi connectivity index (χ1v) is 14.3. The highest BCUT2D eigenvalue weighted by atomic mass is 16.4. The number of nitrogens with zero attached hydrogens (tertiary/aromatic N) is 4. The van der Waals surface area contributed by atoms with Crippen LogP contribution in [-0.4, -0.2) is 85.2 Å². The zero-order valence-corrected chi connectivity index (χ0v) is 22.5. The fraction of sp³-hybridized carbons (Fsp3) is 0.581. The summed E-state index contributed by atoms with van der Waals surface area (Å²) in [5.41, 5.74) is 5.87. The second-order valence-electron chi connectivity index (χ2n) is 12.0. The van der Waals surface area contributed by atoms with Gasteiger partial charge in [0.15, 0.2) is 0 Å². The van der Waals surface area contributed by atoms with Crippen LogP contribution >= 0.6 is 0 Å². The zero-order chi connectivity index (χ0) is 25.5. The molecule has 2 aromatic carbocycles. The molecule has 1 saturated heterocycles. The van der Waals surface area contributed by atoms with E-state index >= 15 is 0 Å². The number of likely N-dealkylation sites (N-methyl/N-ethyl adjacent to an activating group) is 1. The number of benzene rings is 2. The molecule has 0 bridgehead atoms. The third-order valence-electron chi connectivity index (χ3n) is 9.49. The predicted octanol–water partition coefficient (Wildman–Crippen LogP) is 4.67. The van der Waals surface area contributed by atoms with E-state index in [0.29, 0.717) is 23.4 Å². The SMILES string of the molecule is CN(C)CCN1CCN2Cc3ccccc3C3C(C4CCCCC4)c4ccc(C(=O)O)cc4N3CC2C1. The molecule has 2 aromatic rings. The Kier molecular flexibility index (Phi) is 6.99. The fourth-order valence-corrected chi connectivity index (χ4v) is 7.60. The maximum absolute atomic E-state index is 12.0. The minimum Gasteiger partial charge on any atom is -0.478 e. The van der Waals surface area contributed by atoms with E-state index in [1.807, 2.05) is 12.1 Å². The normalized spacial score (nSPS) is 26.7. The summed E-state index contributed by atoms with van der Waals surface area (Å²) in [5, 5.41) is 9.87. The highest BCUT2D eigenvalue weighted by Gasteiger charge is 2.47. The van der Waals surface area contributed by atoms with Gasteiger partial charge in [-0.3, -0.25) is 9.80 Å². The molecule has 1 saturated carbocycles. The fourth-order valence-electron chi connectivity index (χ4n) is 7.60. The number of carboxylic acid groups (broad SMARTS) is 1. The molecule has 198 valence electrons. The van der Waals surface area contributed by atoms with E-state index < -0.39 is 5.97 Å². The molecule has 3 aliphatic heterocycles. The Bertz CT molecular complexity index is 1130. The average molecular weight is 503 g/mol. The lowest BCUT2D eigenvalue weighted by Crippen LogP contribution is -2.58. The van der Waals surface area contributed by atoms with Gasteiger partial charge in [0, 0.05) is 63.5 Å². The average Bonchev–Trinajstić information content (AvgIpc) is 3.21. The van der Waals surface area contributed by atoms with E-state index in [2.05, 4.69) is 64.0 Å². The van der Waals surface area contributed by atoms with Crippen LogP contribution in [-0.2, 0) is 6.54 Å². The number of carbonyl (C=O) groups is 1. The molecule has 37 heavy (non-hydrogen) atoms. The van der Waals surface area contributed by atoms with Crippen molar-refractivity contribution in [2.24, 2.45) is 5.92 Å². The van der Waals surface area contributed by atoms with E-state index in [1.165, 1.54) is 54.5 Å². The van der Waals surface area contributed by atoms with Crippen LogP contribution in [0, 0.1) is 5.92 Å². The number of fused-ring (bicyclic) bond motifs is 6. The number of hydrogen-bond donors (Lipinski definition) is 1. The van der Waals surface area contributed by atoms with Crippen molar-refractivity contribution in [3.05, 3.63) is 64.7 Å². The summed E-state index contributed by atoms with van der Waals surface area (Å²) in [6.45, 7) is 7.41. The first kappa shape index (κ1) is 24.9. The van der Waals surface area contributed by atoms with Crippen LogP contribution in [0.2, 0.25) is 0 Å². The van der Waals surface area contributed by atoms with E-state index in [4.69, 9.17) is 0 Å². The molecule has 1 aliphatic carbocycles. The van der Waals surface area contributed by atoms with Crippen molar-refractivity contribution in [2.75, 3.05) is 58.3 Å². The Morgan fingerprint density at radius 1 is 1.00 bits per heavy atom. The van der Waals surface area contributed by atoms with E-state index in [0.717, 1.165) is 45.8 Å². The first-order chi connectivity index (χ1) is 18.0. The topological polar surface area (TPSA) is 50.3 Å². The van der Waals surface area contributed by atoms with E-state index in [-0.39, 0.29) is 6.04 Å². The molecule has 1 N–H and O–H groups in total. The third kappa shape index (κ3) is 4.80. The standard InChI is InChI=1S/C31H42N4O2/c1-32(2)14-15-33-16-17-34-19-24-10-6-7-11-26(24)30-29(22-8-4-3-5-9-22)27-13-12-23(31(36)37)18-28(27)35(30)21-25(34)20-33/h6-7,10-13,18,22,25,29-30H,3-5,8-9,14-17,19-21H2,1-2H3,(H,36,37). The van der Waals surface area contributed by atoms with Crippen molar-refractivity contribution >= 4 is 11.7 Å². The van der Waals surface area contributed by atoms with Gasteiger partial charge in [-0.15, -0.1) is 0 Å². The maximum atomic E-state index is 12.0. The monoisotopic (exact) mass is 502 g/mol. The van der Waals surface area contributed by atoms with Gasteiger partial charge in [-0.1, -0.05) is 49.6 Å². The van der Waals surface area contributed by atoms with Gasteiger partial charge in [-0.2, -0.15) is 0 Å². The predicted molar refractivity (Wildman–Crippen MR) is 148 cm³/mol. The molecule has 0 amide bonds. The molecular weight excluding hydrogens is 460 g/mol. The summed E-state index contributed by atoms with van der Waals surface area (Å²) in [6.07, 6.45) is 6.54. The Morgan fingerprint density at radius 2 is 1.81 bits per heavy atom. The van der Waals surface area contributed by atoms with Gasteiger partial charge < -0.3 is 14.9 Å². The molecule has 0 aromatic heterocycles. The van der Waals surface area contributed by atoms with Crippen molar-refractivity contribution in [2.45, 2.75) is 56.7 Å². The quantitative estimate of drug-likeness (QED) is 0.641. The second kappa shape index (κ2) is 10.4. The molecule has 0 spiro atoms. The minimum absolute atomic E-state index is 0.289. The molecule has 2 fully saturated rings. The maximum Gasteiger partial charge on any atom is 0.335 e. The Hall–Kier alpha value is -2.41. The van der Waals surface area contributed by atoms with Gasteiger partial charge in [-0.05, 0) is 61.7 Å². The molecule has 6 rings (SSSR count). The highest BCUT2D eigenvalue weighted by Crippen LogP contribution is 2.56. The zero-order valence-electron chi connectivity index (χ0n) is 22.5. The molecule has 3 atom stereocenters. The van der Waals surface area contributed by atoms with Crippen LogP contribution in [0.15, 0.2) is 42.5 Å². The summed E-state index contributed by atoms with van der Waals surface area (Å²) in [5.74, 6) is 0.256. The number of anilines is 1. The van der Waals surface area contributed by atoms with Crippen molar-refractivity contribution < 1.29 is 9.90 Å². The summed E-state index contributed by atoms with van der Waals surface area (Å²) in [7, 11) is 4.31. The molecular formula is C31H42N4O2. The van der Waals surface area contributed by atoms with Gasteiger partial charge in [0.2, 0.25) is 0 Å². The van der Waals surface area contributed by atoms with Crippen LogP contribution in [0.3, 0.4) is 0 Å². The van der Waals surface area contributed by atoms with Crippen molar-refractivity contribution in [3.8, 4) is 0 Å². The highest BCUT2D eigenvalue weighted by molar-refractivity contribution is 5.89. The van der Waals surface area contributed by atoms with Gasteiger partial charge in [0.05, 0.1) is 11.6 Å². The summed E-state index contributed by atoms with van der Waals surface area (Å²) < 4.78 is 0. The number of carboxylic acids is 1. The summed E-state index contributed by atoms with van der Waals surface area (Å²) >= 11 is 0. The van der Waals surface area contributed by atoms with Crippen molar-refractivity contribution in [1.82, 2.24) is 14.7 Å². The number of aromatic carboxylic acids is 1. The Morgan fingerprint density at radius 3 is 2.59 bits per heavy atom. The van der Waals surface area contributed by atoms with Crippen molar-refractivity contribution in [1.29, 1.82) is 0 Å². The largest absolute Gasteiger partial charge is 0.478 e. The van der Waals surface area contributed by atoms with Gasteiger partial charge in [0.25, 0.3) is 0 Å². The van der Waals surface area contributed by atoms with Crippen LogP contribution in [0.1, 0.15) is 71.1 Å². The van der Waals surface area contributed by atoms with Crippen molar-refractivity contribution in [3.63, 3.8) is 0 Å². The summed E-state index contributed by atoms with van der Waals surface area (Å²) in [4.78, 5) is 22.3. The van der Waals surface area contributed by atoms with Gasteiger partial charge in [-0.25, -0.2) is 4.79 Å². The first-order valence-electron chi connectivity index (χ1n) is 14.3. The summed E-state index contributed by atoms with van der Waals surface area (Å²) in [6, 6.07) is 15.8. The minimum atomic E-state index is -0.831. The Balaban J connectivity index is 1.43. The number of rotatable bonds is 5.